The van der Waals surface area contributed by atoms with E-state index in [-0.39, 0.29) is 11.7 Å². The molecule has 0 radical (unpaired) electrons. The minimum Gasteiger partial charge on any atom is -0.341 e. The molecule has 7 nitrogen and oxygen atoms in total. The SMILES string of the molecule is Cc1ccc(NC(=O)c2cc3cc(Cl)ccc3n2NC(=O)C(=O)N[C@H](C)c2ccccc2)c(Br)c1. The van der Waals surface area contributed by atoms with Gasteiger partial charge in [0, 0.05) is 14.9 Å². The Kier molecular flexibility index (Phi) is 7.23. The number of fused-ring (bicyclic) bond motifs is 1. The topological polar surface area (TPSA) is 92.2 Å². The van der Waals surface area contributed by atoms with Crippen molar-refractivity contribution in [2.24, 2.45) is 0 Å². The predicted molar refractivity (Wildman–Crippen MR) is 141 cm³/mol. The zero-order chi connectivity index (χ0) is 25.1. The van der Waals surface area contributed by atoms with Crippen molar-refractivity contribution in [3.63, 3.8) is 0 Å². The largest absolute Gasteiger partial charge is 0.341 e. The van der Waals surface area contributed by atoms with E-state index < -0.39 is 17.7 Å². The van der Waals surface area contributed by atoms with Crippen LogP contribution in [0.15, 0.2) is 77.3 Å². The fourth-order valence-electron chi connectivity index (χ4n) is 3.62. The number of halogens is 2. The Hall–Kier alpha value is -3.62. The average Bonchev–Trinajstić information content (AvgIpc) is 3.18. The normalized spacial score (nSPS) is 11.7. The Labute approximate surface area is 215 Å². The van der Waals surface area contributed by atoms with Crippen molar-refractivity contribution < 1.29 is 14.4 Å². The number of carbonyl (C=O) groups is 3. The molecule has 3 aromatic carbocycles. The van der Waals surface area contributed by atoms with Crippen molar-refractivity contribution in [2.75, 3.05) is 10.7 Å². The lowest BCUT2D eigenvalue weighted by Crippen LogP contribution is -2.40. The summed E-state index contributed by atoms with van der Waals surface area (Å²) in [6, 6.07) is 21.0. The molecule has 0 saturated carbocycles. The number of hydrogen-bond donors (Lipinski definition) is 3. The molecule has 0 unspecified atom stereocenters. The molecule has 0 aliphatic heterocycles. The molecule has 35 heavy (non-hydrogen) atoms. The Morgan fingerprint density at radius 1 is 0.943 bits per heavy atom. The van der Waals surface area contributed by atoms with Crippen LogP contribution in [0.4, 0.5) is 5.69 Å². The average molecular weight is 554 g/mol. The first kappa shape index (κ1) is 24.5. The van der Waals surface area contributed by atoms with E-state index in [9.17, 15) is 14.4 Å². The molecule has 4 rings (SSSR count). The van der Waals surface area contributed by atoms with E-state index >= 15 is 0 Å². The second-order valence-corrected chi connectivity index (χ2v) is 9.34. The highest BCUT2D eigenvalue weighted by Gasteiger charge is 2.22. The molecular formula is C26H22BrClN4O3. The zero-order valence-electron chi connectivity index (χ0n) is 18.9. The van der Waals surface area contributed by atoms with E-state index in [0.717, 1.165) is 15.6 Å². The number of aryl methyl sites for hydroxylation is 1. The lowest BCUT2D eigenvalue weighted by Gasteiger charge is -2.16. The highest BCUT2D eigenvalue weighted by molar-refractivity contribution is 9.10. The van der Waals surface area contributed by atoms with Gasteiger partial charge in [-0.05, 0) is 77.3 Å². The van der Waals surface area contributed by atoms with Crippen LogP contribution in [-0.2, 0) is 9.59 Å². The molecule has 0 saturated heterocycles. The van der Waals surface area contributed by atoms with Crippen LogP contribution in [0.3, 0.4) is 0 Å². The van der Waals surface area contributed by atoms with Crippen molar-refractivity contribution in [2.45, 2.75) is 19.9 Å². The van der Waals surface area contributed by atoms with Gasteiger partial charge in [-0.15, -0.1) is 0 Å². The fraction of sp³-hybridized carbons (Fsp3) is 0.115. The van der Waals surface area contributed by atoms with E-state index in [1.165, 1.54) is 4.68 Å². The lowest BCUT2D eigenvalue weighted by molar-refractivity contribution is -0.137. The standard InChI is InChI=1S/C26H22BrClN4O3/c1-15-8-10-21(20(27)12-15)30-24(33)23-14-18-13-19(28)9-11-22(18)32(23)31-26(35)25(34)29-16(2)17-6-4-3-5-7-17/h3-14,16H,1-2H3,(H,29,34)(H,30,33)(H,31,35)/t16-/m1/s1. The van der Waals surface area contributed by atoms with Crippen LogP contribution < -0.4 is 16.1 Å². The minimum absolute atomic E-state index is 0.131. The smallest absolute Gasteiger partial charge is 0.328 e. The number of benzene rings is 3. The van der Waals surface area contributed by atoms with Crippen LogP contribution in [0.5, 0.6) is 0 Å². The van der Waals surface area contributed by atoms with E-state index in [4.69, 9.17) is 11.6 Å². The van der Waals surface area contributed by atoms with Gasteiger partial charge in [-0.2, -0.15) is 0 Å². The van der Waals surface area contributed by atoms with Gasteiger partial charge in [0.1, 0.15) is 5.69 Å². The summed E-state index contributed by atoms with van der Waals surface area (Å²) in [7, 11) is 0. The molecule has 0 bridgehead atoms. The number of nitrogens with zero attached hydrogens (tertiary/aromatic N) is 1. The summed E-state index contributed by atoms with van der Waals surface area (Å²) in [6.45, 7) is 3.73. The summed E-state index contributed by atoms with van der Waals surface area (Å²) >= 11 is 9.58. The minimum atomic E-state index is -0.911. The molecule has 178 valence electrons. The predicted octanol–water partition coefficient (Wildman–Crippen LogP) is 5.57. The van der Waals surface area contributed by atoms with Crippen molar-refractivity contribution in [1.29, 1.82) is 0 Å². The maximum absolute atomic E-state index is 13.2. The van der Waals surface area contributed by atoms with Gasteiger partial charge in [0.2, 0.25) is 0 Å². The van der Waals surface area contributed by atoms with Crippen LogP contribution in [0.2, 0.25) is 5.02 Å². The molecular weight excluding hydrogens is 532 g/mol. The van der Waals surface area contributed by atoms with Gasteiger partial charge in [0.25, 0.3) is 5.91 Å². The summed E-state index contributed by atoms with van der Waals surface area (Å²) < 4.78 is 2.01. The van der Waals surface area contributed by atoms with E-state index in [1.807, 2.05) is 49.4 Å². The molecule has 3 amide bonds. The fourth-order valence-corrected chi connectivity index (χ4v) is 4.39. The molecule has 9 heteroatoms. The van der Waals surface area contributed by atoms with Crippen LogP contribution in [0.25, 0.3) is 10.9 Å². The van der Waals surface area contributed by atoms with Gasteiger partial charge in [0.15, 0.2) is 0 Å². The Balaban J connectivity index is 1.60. The lowest BCUT2D eigenvalue weighted by atomic mass is 10.1. The van der Waals surface area contributed by atoms with Gasteiger partial charge in [0.05, 0.1) is 17.2 Å². The quantitative estimate of drug-likeness (QED) is 0.282. The first-order valence-corrected chi connectivity index (χ1v) is 12.0. The number of anilines is 1. The Morgan fingerprint density at radius 3 is 2.40 bits per heavy atom. The summed E-state index contributed by atoms with van der Waals surface area (Å²) in [5.74, 6) is -2.21. The van der Waals surface area contributed by atoms with E-state index in [1.54, 1.807) is 37.3 Å². The molecule has 0 fully saturated rings. The first-order valence-electron chi connectivity index (χ1n) is 10.8. The second-order valence-electron chi connectivity index (χ2n) is 8.05. The summed E-state index contributed by atoms with van der Waals surface area (Å²) in [5, 5.41) is 6.61. The zero-order valence-corrected chi connectivity index (χ0v) is 21.3. The van der Waals surface area contributed by atoms with E-state index in [2.05, 4.69) is 32.0 Å². The van der Waals surface area contributed by atoms with Gasteiger partial charge in [-0.1, -0.05) is 48.0 Å². The van der Waals surface area contributed by atoms with Crippen LogP contribution in [0.1, 0.15) is 34.6 Å². The molecule has 0 aliphatic carbocycles. The highest BCUT2D eigenvalue weighted by atomic mass is 79.9. The third-order valence-electron chi connectivity index (χ3n) is 5.44. The highest BCUT2D eigenvalue weighted by Crippen LogP contribution is 2.26. The van der Waals surface area contributed by atoms with Crippen molar-refractivity contribution in [3.05, 3.63) is 99.1 Å². The molecule has 0 aliphatic rings. The number of carbonyl (C=O) groups excluding carboxylic acids is 3. The molecule has 0 spiro atoms. The number of amides is 3. The summed E-state index contributed by atoms with van der Waals surface area (Å²) in [4.78, 5) is 38.6. The van der Waals surface area contributed by atoms with E-state index in [0.29, 0.717) is 21.6 Å². The molecule has 1 aromatic heterocycles. The number of hydrogen-bond acceptors (Lipinski definition) is 3. The number of aromatic nitrogens is 1. The first-order chi connectivity index (χ1) is 16.7. The maximum atomic E-state index is 13.2. The molecule has 1 atom stereocenters. The monoisotopic (exact) mass is 552 g/mol. The molecule has 4 aromatic rings. The van der Waals surface area contributed by atoms with Crippen molar-refractivity contribution in [1.82, 2.24) is 9.99 Å². The molecule has 1 heterocycles. The van der Waals surface area contributed by atoms with Crippen molar-refractivity contribution in [3.8, 4) is 0 Å². The van der Waals surface area contributed by atoms with Gasteiger partial charge in [-0.3, -0.25) is 19.8 Å². The Morgan fingerprint density at radius 2 is 1.69 bits per heavy atom. The second kappa shape index (κ2) is 10.3. The summed E-state index contributed by atoms with van der Waals surface area (Å²) in [5.41, 5.74) is 5.65. The van der Waals surface area contributed by atoms with Crippen LogP contribution in [0, 0.1) is 6.92 Å². The maximum Gasteiger partial charge on any atom is 0.328 e. The third kappa shape index (κ3) is 5.55. The Bertz CT molecular complexity index is 1440. The van der Waals surface area contributed by atoms with Gasteiger partial charge < -0.3 is 10.6 Å². The summed E-state index contributed by atoms with van der Waals surface area (Å²) in [6.07, 6.45) is 0. The van der Waals surface area contributed by atoms with Crippen LogP contribution in [-0.4, -0.2) is 22.4 Å². The number of rotatable bonds is 5. The van der Waals surface area contributed by atoms with Gasteiger partial charge in [-0.25, -0.2) is 4.68 Å². The van der Waals surface area contributed by atoms with Crippen LogP contribution >= 0.6 is 27.5 Å². The molecule has 3 N–H and O–H groups in total. The van der Waals surface area contributed by atoms with Gasteiger partial charge >= 0.3 is 11.8 Å². The number of nitrogens with one attached hydrogen (secondary N) is 3. The van der Waals surface area contributed by atoms with Crippen molar-refractivity contribution >= 4 is 61.8 Å². The third-order valence-corrected chi connectivity index (χ3v) is 6.33.